The fourth-order valence-electron chi connectivity index (χ4n) is 2.36. The fourth-order valence-corrected chi connectivity index (χ4v) is 3.19. The van der Waals surface area contributed by atoms with Gasteiger partial charge in [-0.15, -0.1) is 0 Å². The van der Waals surface area contributed by atoms with Gasteiger partial charge in [-0.05, 0) is 48.6 Å². The molecule has 4 rings (SSSR count). The summed E-state index contributed by atoms with van der Waals surface area (Å²) in [5.41, 5.74) is 4.41. The van der Waals surface area contributed by atoms with E-state index in [2.05, 4.69) is 39.0 Å². The molecular formula is C17H15N3S. The molecule has 0 atom stereocenters. The van der Waals surface area contributed by atoms with Gasteiger partial charge in [0.2, 0.25) is 0 Å². The number of fused-ring (bicyclic) bond motifs is 1. The molecule has 1 fully saturated rings. The molecule has 0 spiro atoms. The Balaban J connectivity index is 1.80. The first-order valence-electron chi connectivity index (χ1n) is 7.11. The Hall–Kier alpha value is -2.07. The molecule has 1 N–H and O–H groups in total. The first-order valence-corrected chi connectivity index (χ1v) is 7.99. The van der Waals surface area contributed by atoms with E-state index in [1.165, 1.54) is 18.4 Å². The zero-order chi connectivity index (χ0) is 14.1. The van der Waals surface area contributed by atoms with Gasteiger partial charge in [0.05, 0.1) is 11.2 Å². The quantitative estimate of drug-likeness (QED) is 0.718. The standard InChI is InChI=1S/C17H15N3S/c1-3-12(11-18-9-1)14-7-8-16(20-21-13-5-6-13)17-15(14)4-2-10-19-17/h1-4,7-11,13,20H,5-6H2. The molecule has 3 aromatic rings. The van der Waals surface area contributed by atoms with E-state index in [-0.39, 0.29) is 0 Å². The summed E-state index contributed by atoms with van der Waals surface area (Å²) >= 11 is 1.81. The summed E-state index contributed by atoms with van der Waals surface area (Å²) in [6, 6.07) is 12.4. The van der Waals surface area contributed by atoms with Crippen molar-refractivity contribution in [2.45, 2.75) is 18.1 Å². The second kappa shape index (κ2) is 5.37. The third-order valence-electron chi connectivity index (χ3n) is 3.60. The van der Waals surface area contributed by atoms with Crippen molar-refractivity contribution in [1.29, 1.82) is 0 Å². The zero-order valence-corrected chi connectivity index (χ0v) is 12.3. The molecule has 0 aliphatic heterocycles. The van der Waals surface area contributed by atoms with Crippen molar-refractivity contribution in [3.63, 3.8) is 0 Å². The Morgan fingerprint density at radius 2 is 1.95 bits per heavy atom. The molecule has 2 heterocycles. The van der Waals surface area contributed by atoms with Crippen molar-refractivity contribution >= 4 is 28.5 Å². The van der Waals surface area contributed by atoms with Crippen LogP contribution < -0.4 is 4.72 Å². The number of aromatic nitrogens is 2. The van der Waals surface area contributed by atoms with Gasteiger partial charge in [-0.1, -0.05) is 18.2 Å². The maximum absolute atomic E-state index is 4.57. The van der Waals surface area contributed by atoms with Gasteiger partial charge in [0.15, 0.2) is 0 Å². The topological polar surface area (TPSA) is 37.8 Å². The molecule has 0 saturated heterocycles. The van der Waals surface area contributed by atoms with Gasteiger partial charge in [-0.2, -0.15) is 0 Å². The molecule has 1 aliphatic rings. The van der Waals surface area contributed by atoms with Gasteiger partial charge >= 0.3 is 0 Å². The van der Waals surface area contributed by atoms with Crippen molar-refractivity contribution in [3.05, 3.63) is 55.0 Å². The van der Waals surface area contributed by atoms with Crippen LogP contribution >= 0.6 is 11.9 Å². The number of anilines is 1. The van der Waals surface area contributed by atoms with Crippen LogP contribution in [0.3, 0.4) is 0 Å². The molecule has 0 unspecified atom stereocenters. The Morgan fingerprint density at radius 1 is 1.05 bits per heavy atom. The van der Waals surface area contributed by atoms with Gasteiger partial charge in [0.1, 0.15) is 0 Å². The van der Waals surface area contributed by atoms with Crippen molar-refractivity contribution in [1.82, 2.24) is 9.97 Å². The van der Waals surface area contributed by atoms with E-state index in [9.17, 15) is 0 Å². The summed E-state index contributed by atoms with van der Waals surface area (Å²) in [6.45, 7) is 0. The lowest BCUT2D eigenvalue weighted by Gasteiger charge is -2.11. The van der Waals surface area contributed by atoms with Crippen molar-refractivity contribution < 1.29 is 0 Å². The van der Waals surface area contributed by atoms with Gasteiger partial charge < -0.3 is 4.72 Å². The molecule has 2 aromatic heterocycles. The normalized spacial score (nSPS) is 14.3. The summed E-state index contributed by atoms with van der Waals surface area (Å²) in [4.78, 5) is 8.79. The van der Waals surface area contributed by atoms with E-state index >= 15 is 0 Å². The summed E-state index contributed by atoms with van der Waals surface area (Å²) in [5, 5.41) is 1.92. The van der Waals surface area contributed by atoms with Crippen LogP contribution in [0.15, 0.2) is 55.0 Å². The predicted molar refractivity (Wildman–Crippen MR) is 89.2 cm³/mol. The van der Waals surface area contributed by atoms with Crippen molar-refractivity contribution in [3.8, 4) is 11.1 Å². The molecule has 1 aromatic carbocycles. The van der Waals surface area contributed by atoms with Crippen molar-refractivity contribution in [2.24, 2.45) is 0 Å². The molecule has 104 valence electrons. The van der Waals surface area contributed by atoms with Gasteiger partial charge in [-0.3, -0.25) is 9.97 Å². The fraction of sp³-hybridized carbons (Fsp3) is 0.176. The monoisotopic (exact) mass is 293 g/mol. The summed E-state index contributed by atoms with van der Waals surface area (Å²) in [5.74, 6) is 0. The zero-order valence-electron chi connectivity index (χ0n) is 11.5. The Morgan fingerprint density at radius 3 is 2.76 bits per heavy atom. The molecule has 1 saturated carbocycles. The van der Waals surface area contributed by atoms with Gasteiger partial charge in [0.25, 0.3) is 0 Å². The molecular weight excluding hydrogens is 278 g/mol. The Kier molecular flexibility index (Phi) is 3.24. The van der Waals surface area contributed by atoms with Crippen LogP contribution in [0.25, 0.3) is 22.0 Å². The first-order chi connectivity index (χ1) is 10.4. The molecule has 3 nitrogen and oxygen atoms in total. The van der Waals surface area contributed by atoms with Crippen LogP contribution in [0, 0.1) is 0 Å². The first kappa shape index (κ1) is 12.7. The predicted octanol–water partition coefficient (Wildman–Crippen LogP) is 4.52. The third-order valence-corrected chi connectivity index (χ3v) is 4.74. The maximum atomic E-state index is 4.57. The Labute approximate surface area is 128 Å². The maximum Gasteiger partial charge on any atom is 0.0947 e. The molecule has 1 aliphatic carbocycles. The minimum Gasteiger partial charge on any atom is -0.328 e. The molecule has 0 amide bonds. The second-order valence-electron chi connectivity index (χ2n) is 5.22. The SMILES string of the molecule is c1cncc(-c2ccc(NSC3CC3)c3ncccc23)c1. The number of hydrogen-bond donors (Lipinski definition) is 1. The second-order valence-corrected chi connectivity index (χ2v) is 6.33. The highest BCUT2D eigenvalue weighted by Crippen LogP contribution is 2.37. The van der Waals surface area contributed by atoms with Crippen LogP contribution in [0.5, 0.6) is 0 Å². The number of nitrogens with one attached hydrogen (secondary N) is 1. The van der Waals surface area contributed by atoms with Crippen molar-refractivity contribution in [2.75, 3.05) is 4.72 Å². The van der Waals surface area contributed by atoms with Crippen LogP contribution in [-0.2, 0) is 0 Å². The van der Waals surface area contributed by atoms with E-state index in [0.29, 0.717) is 0 Å². The number of benzene rings is 1. The van der Waals surface area contributed by atoms with E-state index in [1.807, 2.05) is 36.5 Å². The third kappa shape index (κ3) is 2.59. The molecule has 0 bridgehead atoms. The van der Waals surface area contributed by atoms with E-state index < -0.39 is 0 Å². The summed E-state index contributed by atoms with van der Waals surface area (Å²) in [6.07, 6.45) is 8.18. The van der Waals surface area contributed by atoms with Crippen LogP contribution in [-0.4, -0.2) is 15.2 Å². The van der Waals surface area contributed by atoms with E-state index in [0.717, 1.165) is 27.4 Å². The largest absolute Gasteiger partial charge is 0.328 e. The average Bonchev–Trinajstić information content (AvgIpc) is 3.38. The van der Waals surface area contributed by atoms with E-state index in [1.54, 1.807) is 6.20 Å². The summed E-state index contributed by atoms with van der Waals surface area (Å²) in [7, 11) is 0. The lowest BCUT2D eigenvalue weighted by Crippen LogP contribution is -1.93. The minimum absolute atomic E-state index is 0.766. The highest BCUT2D eigenvalue weighted by molar-refractivity contribution is 8.01. The van der Waals surface area contributed by atoms with Crippen LogP contribution in [0.2, 0.25) is 0 Å². The average molecular weight is 293 g/mol. The minimum atomic E-state index is 0.766. The van der Waals surface area contributed by atoms with Crippen LogP contribution in [0.4, 0.5) is 5.69 Å². The number of rotatable bonds is 4. The van der Waals surface area contributed by atoms with Gasteiger partial charge in [-0.25, -0.2) is 0 Å². The smallest absolute Gasteiger partial charge is 0.0947 e. The number of nitrogens with zero attached hydrogens (tertiary/aromatic N) is 2. The lowest BCUT2D eigenvalue weighted by molar-refractivity contribution is 1.33. The summed E-state index contributed by atoms with van der Waals surface area (Å²) < 4.78 is 3.47. The molecule has 4 heteroatoms. The van der Waals surface area contributed by atoms with Gasteiger partial charge in [0, 0.05) is 34.8 Å². The number of pyridine rings is 2. The van der Waals surface area contributed by atoms with Crippen LogP contribution in [0.1, 0.15) is 12.8 Å². The number of hydrogen-bond acceptors (Lipinski definition) is 4. The van der Waals surface area contributed by atoms with E-state index in [4.69, 9.17) is 0 Å². The molecule has 0 radical (unpaired) electrons. The Bertz CT molecular complexity index is 769. The molecule has 21 heavy (non-hydrogen) atoms. The highest BCUT2D eigenvalue weighted by atomic mass is 32.2. The highest BCUT2D eigenvalue weighted by Gasteiger charge is 2.22. The lowest BCUT2D eigenvalue weighted by atomic mass is 10.0.